The van der Waals surface area contributed by atoms with Crippen LogP contribution >= 0.6 is 11.6 Å². The third-order valence-corrected chi connectivity index (χ3v) is 3.40. The van der Waals surface area contributed by atoms with Crippen LogP contribution in [0.1, 0.15) is 16.8 Å². The highest BCUT2D eigenvalue weighted by Crippen LogP contribution is 2.24. The molecule has 0 bridgehead atoms. The van der Waals surface area contributed by atoms with Crippen LogP contribution < -0.4 is 5.32 Å². The van der Waals surface area contributed by atoms with E-state index >= 15 is 0 Å². The van der Waals surface area contributed by atoms with Gasteiger partial charge < -0.3 is 5.32 Å². The van der Waals surface area contributed by atoms with Crippen LogP contribution in [0, 0.1) is 6.92 Å². The number of hydrogen-bond donors (Lipinski definition) is 1. The van der Waals surface area contributed by atoms with E-state index in [9.17, 15) is 0 Å². The first-order valence-corrected chi connectivity index (χ1v) is 6.43. The van der Waals surface area contributed by atoms with Crippen molar-refractivity contribution < 1.29 is 0 Å². The van der Waals surface area contributed by atoms with Crippen LogP contribution in [-0.4, -0.2) is 16.0 Å². The minimum absolute atomic E-state index is 0.299. The number of aryl methyl sites for hydroxylation is 1. The number of benzene rings is 1. The van der Waals surface area contributed by atoms with E-state index in [0.29, 0.717) is 11.3 Å². The zero-order chi connectivity index (χ0) is 12.5. The first-order valence-electron chi connectivity index (χ1n) is 6.05. The Bertz CT molecular complexity index is 538. The summed E-state index contributed by atoms with van der Waals surface area (Å²) in [7, 11) is 0. The summed E-state index contributed by atoms with van der Waals surface area (Å²) in [6.07, 6.45) is 2.08. The van der Waals surface area contributed by atoms with E-state index in [1.807, 2.05) is 13.0 Å². The lowest BCUT2D eigenvalue weighted by atomic mass is 10.1. The van der Waals surface area contributed by atoms with Crippen molar-refractivity contribution in [2.75, 3.05) is 5.32 Å². The van der Waals surface area contributed by atoms with E-state index in [1.165, 1.54) is 11.1 Å². The van der Waals surface area contributed by atoms with Gasteiger partial charge in [0.25, 0.3) is 0 Å². The number of nitrogens with one attached hydrogen (secondary N) is 1. The molecule has 92 valence electrons. The highest BCUT2D eigenvalue weighted by atomic mass is 35.5. The Kier molecular flexibility index (Phi) is 2.92. The van der Waals surface area contributed by atoms with Gasteiger partial charge in [-0.1, -0.05) is 24.3 Å². The molecule has 18 heavy (non-hydrogen) atoms. The number of nitrogens with zero attached hydrogens (tertiary/aromatic N) is 2. The quantitative estimate of drug-likeness (QED) is 0.843. The first kappa shape index (κ1) is 11.5. The van der Waals surface area contributed by atoms with Gasteiger partial charge in [0.2, 0.25) is 5.28 Å². The van der Waals surface area contributed by atoms with Crippen LogP contribution in [0.2, 0.25) is 5.28 Å². The van der Waals surface area contributed by atoms with Gasteiger partial charge in [0.1, 0.15) is 5.82 Å². The zero-order valence-corrected chi connectivity index (χ0v) is 10.9. The molecule has 1 aromatic heterocycles. The fraction of sp³-hybridized carbons (Fsp3) is 0.286. The normalized spacial score (nSPS) is 14.6. The maximum absolute atomic E-state index is 5.86. The van der Waals surface area contributed by atoms with E-state index in [0.717, 1.165) is 24.4 Å². The van der Waals surface area contributed by atoms with Gasteiger partial charge in [0, 0.05) is 17.8 Å². The molecule has 0 aliphatic heterocycles. The predicted octanol–water partition coefficient (Wildman–Crippen LogP) is 3.02. The number of anilines is 1. The molecule has 1 aliphatic carbocycles. The lowest BCUT2D eigenvalue weighted by Gasteiger charge is -2.13. The highest BCUT2D eigenvalue weighted by Gasteiger charge is 2.21. The molecule has 4 heteroatoms. The van der Waals surface area contributed by atoms with E-state index < -0.39 is 0 Å². The molecule has 1 heterocycles. The van der Waals surface area contributed by atoms with Gasteiger partial charge in [-0.05, 0) is 42.5 Å². The summed E-state index contributed by atoms with van der Waals surface area (Å²) in [4.78, 5) is 8.27. The van der Waals surface area contributed by atoms with Crippen LogP contribution in [0.4, 0.5) is 5.82 Å². The lowest BCUT2D eigenvalue weighted by Crippen LogP contribution is -2.20. The molecule has 1 aliphatic rings. The standard InChI is InChI=1S/C14H14ClN3/c1-9-6-13(18-14(15)16-9)17-12-7-10-4-2-3-5-11(10)8-12/h2-6,12H,7-8H2,1H3,(H,16,17,18). The van der Waals surface area contributed by atoms with Gasteiger partial charge in [-0.25, -0.2) is 9.97 Å². The van der Waals surface area contributed by atoms with Crippen LogP contribution in [0.5, 0.6) is 0 Å². The van der Waals surface area contributed by atoms with E-state index in [-0.39, 0.29) is 0 Å². The molecule has 0 radical (unpaired) electrons. The maximum atomic E-state index is 5.86. The van der Waals surface area contributed by atoms with Crippen molar-refractivity contribution in [1.82, 2.24) is 9.97 Å². The Morgan fingerprint density at radius 1 is 1.17 bits per heavy atom. The van der Waals surface area contributed by atoms with Crippen molar-refractivity contribution in [3.8, 4) is 0 Å². The largest absolute Gasteiger partial charge is 0.367 e. The second-order valence-corrected chi connectivity index (χ2v) is 5.02. The number of rotatable bonds is 2. The monoisotopic (exact) mass is 259 g/mol. The second kappa shape index (κ2) is 4.58. The van der Waals surface area contributed by atoms with Crippen LogP contribution in [0.3, 0.4) is 0 Å². The van der Waals surface area contributed by atoms with Gasteiger partial charge in [-0.15, -0.1) is 0 Å². The SMILES string of the molecule is Cc1cc(NC2Cc3ccccc3C2)nc(Cl)n1. The van der Waals surface area contributed by atoms with Crippen molar-refractivity contribution in [1.29, 1.82) is 0 Å². The molecule has 0 unspecified atom stereocenters. The molecular formula is C14H14ClN3. The van der Waals surface area contributed by atoms with Crippen LogP contribution in [0.15, 0.2) is 30.3 Å². The van der Waals surface area contributed by atoms with Gasteiger partial charge in [-0.3, -0.25) is 0 Å². The maximum Gasteiger partial charge on any atom is 0.224 e. The Balaban J connectivity index is 1.76. The molecule has 0 saturated heterocycles. The van der Waals surface area contributed by atoms with Gasteiger partial charge in [-0.2, -0.15) is 0 Å². The molecule has 3 nitrogen and oxygen atoms in total. The Hall–Kier alpha value is -1.61. The third-order valence-electron chi connectivity index (χ3n) is 3.23. The Labute approximate surface area is 111 Å². The Morgan fingerprint density at radius 3 is 2.44 bits per heavy atom. The summed E-state index contributed by atoms with van der Waals surface area (Å²) in [6, 6.07) is 10.9. The number of aromatic nitrogens is 2. The highest BCUT2D eigenvalue weighted by molar-refractivity contribution is 6.28. The van der Waals surface area contributed by atoms with E-state index in [1.54, 1.807) is 0 Å². The first-order chi connectivity index (χ1) is 8.70. The molecule has 2 aromatic rings. The molecule has 1 aromatic carbocycles. The molecular weight excluding hydrogens is 246 g/mol. The predicted molar refractivity (Wildman–Crippen MR) is 73.0 cm³/mol. The topological polar surface area (TPSA) is 37.8 Å². The third kappa shape index (κ3) is 2.31. The average molecular weight is 260 g/mol. The molecule has 0 fully saturated rings. The number of halogens is 1. The van der Waals surface area contributed by atoms with Crippen LogP contribution in [-0.2, 0) is 12.8 Å². The van der Waals surface area contributed by atoms with E-state index in [2.05, 4.69) is 39.6 Å². The summed E-state index contributed by atoms with van der Waals surface area (Å²) in [5.74, 6) is 0.810. The fourth-order valence-corrected chi connectivity index (χ4v) is 2.70. The van der Waals surface area contributed by atoms with Gasteiger partial charge >= 0.3 is 0 Å². The molecule has 0 saturated carbocycles. The summed E-state index contributed by atoms with van der Waals surface area (Å²) in [6.45, 7) is 1.92. The van der Waals surface area contributed by atoms with Crippen molar-refractivity contribution in [3.63, 3.8) is 0 Å². The van der Waals surface area contributed by atoms with Crippen molar-refractivity contribution in [2.24, 2.45) is 0 Å². The zero-order valence-electron chi connectivity index (χ0n) is 10.2. The van der Waals surface area contributed by atoms with Crippen molar-refractivity contribution >= 4 is 17.4 Å². The second-order valence-electron chi connectivity index (χ2n) is 4.68. The summed E-state index contributed by atoms with van der Waals surface area (Å²) in [5, 5.41) is 3.73. The smallest absolute Gasteiger partial charge is 0.224 e. The summed E-state index contributed by atoms with van der Waals surface area (Å²) >= 11 is 5.86. The summed E-state index contributed by atoms with van der Waals surface area (Å²) in [5.41, 5.74) is 3.73. The number of fused-ring (bicyclic) bond motifs is 1. The minimum Gasteiger partial charge on any atom is -0.367 e. The van der Waals surface area contributed by atoms with Crippen molar-refractivity contribution in [3.05, 3.63) is 52.4 Å². The van der Waals surface area contributed by atoms with E-state index in [4.69, 9.17) is 11.6 Å². The Morgan fingerprint density at radius 2 is 1.83 bits per heavy atom. The average Bonchev–Trinajstić information content (AvgIpc) is 2.69. The molecule has 3 rings (SSSR count). The molecule has 0 amide bonds. The minimum atomic E-state index is 0.299. The summed E-state index contributed by atoms with van der Waals surface area (Å²) < 4.78 is 0. The molecule has 0 atom stereocenters. The van der Waals surface area contributed by atoms with Gasteiger partial charge in [0.15, 0.2) is 0 Å². The van der Waals surface area contributed by atoms with Crippen LogP contribution in [0.25, 0.3) is 0 Å². The molecule has 0 spiro atoms. The van der Waals surface area contributed by atoms with Gasteiger partial charge in [0.05, 0.1) is 0 Å². The lowest BCUT2D eigenvalue weighted by molar-refractivity contribution is 0.767. The van der Waals surface area contributed by atoms with Crippen molar-refractivity contribution in [2.45, 2.75) is 25.8 Å². The fourth-order valence-electron chi connectivity index (χ4n) is 2.48. The number of hydrogen-bond acceptors (Lipinski definition) is 3. The molecule has 1 N–H and O–H groups in total.